The van der Waals surface area contributed by atoms with Crippen LogP contribution in [0.1, 0.15) is 31.0 Å². The van der Waals surface area contributed by atoms with Crippen molar-refractivity contribution in [3.63, 3.8) is 0 Å². The first-order chi connectivity index (χ1) is 12.5. The number of aromatic nitrogens is 2. The molecule has 3 aromatic rings. The number of rotatable bonds is 4. The predicted octanol–water partition coefficient (Wildman–Crippen LogP) is 4.30. The van der Waals surface area contributed by atoms with E-state index < -0.39 is 0 Å². The van der Waals surface area contributed by atoms with Crippen molar-refractivity contribution in [3.05, 3.63) is 81.6 Å². The first-order valence-electron chi connectivity index (χ1n) is 8.16. The lowest BCUT2D eigenvalue weighted by molar-refractivity contribution is 0.477. The van der Waals surface area contributed by atoms with Crippen LogP contribution < -0.4 is 5.56 Å². The van der Waals surface area contributed by atoms with Gasteiger partial charge in [-0.2, -0.15) is 0 Å². The quantitative estimate of drug-likeness (QED) is 0.546. The second kappa shape index (κ2) is 7.11. The van der Waals surface area contributed by atoms with Crippen LogP contribution in [0, 0.1) is 6.57 Å². The molecule has 130 valence electrons. The van der Waals surface area contributed by atoms with Gasteiger partial charge in [0.1, 0.15) is 5.75 Å². The van der Waals surface area contributed by atoms with E-state index in [0.717, 1.165) is 11.4 Å². The Kier molecular flexibility index (Phi) is 4.72. The summed E-state index contributed by atoms with van der Waals surface area (Å²) in [7, 11) is 0. The summed E-state index contributed by atoms with van der Waals surface area (Å²) < 4.78 is 1.48. The van der Waals surface area contributed by atoms with Gasteiger partial charge in [0.25, 0.3) is 5.56 Å². The topological polar surface area (TPSA) is 74.7 Å². The molecule has 0 bridgehead atoms. The molecule has 1 aromatic heterocycles. The van der Waals surface area contributed by atoms with Crippen LogP contribution in [-0.4, -0.2) is 21.1 Å². The summed E-state index contributed by atoms with van der Waals surface area (Å²) in [6, 6.07) is 13.7. The lowest BCUT2D eigenvalue weighted by atomic mass is 10.1. The van der Waals surface area contributed by atoms with Gasteiger partial charge in [-0.05, 0) is 30.2 Å². The molecule has 1 heterocycles. The second-order valence-corrected chi connectivity index (χ2v) is 6.11. The van der Waals surface area contributed by atoms with Crippen molar-refractivity contribution in [3.8, 4) is 11.4 Å². The zero-order valence-corrected chi connectivity index (χ0v) is 14.5. The van der Waals surface area contributed by atoms with Crippen LogP contribution in [0.25, 0.3) is 10.5 Å². The Morgan fingerprint density at radius 1 is 1.23 bits per heavy atom. The molecular formula is C20H18N4O2. The van der Waals surface area contributed by atoms with E-state index in [0.29, 0.717) is 11.3 Å². The van der Waals surface area contributed by atoms with Crippen molar-refractivity contribution in [2.24, 2.45) is 4.99 Å². The fourth-order valence-corrected chi connectivity index (χ4v) is 2.61. The van der Waals surface area contributed by atoms with Crippen LogP contribution in [0.2, 0.25) is 0 Å². The predicted molar refractivity (Wildman–Crippen MR) is 102 cm³/mol. The number of hydrogen-bond acceptors (Lipinski definition) is 3. The maximum Gasteiger partial charge on any atom is 0.280 e. The van der Waals surface area contributed by atoms with Crippen molar-refractivity contribution in [2.45, 2.75) is 19.8 Å². The zero-order valence-electron chi connectivity index (χ0n) is 14.5. The van der Waals surface area contributed by atoms with Crippen molar-refractivity contribution in [1.29, 1.82) is 0 Å². The Bertz CT molecular complexity index is 1050. The minimum absolute atomic E-state index is 0.0429. The third-order valence-corrected chi connectivity index (χ3v) is 3.97. The molecular weight excluding hydrogens is 328 g/mol. The monoisotopic (exact) mass is 346 g/mol. The highest BCUT2D eigenvalue weighted by molar-refractivity contribution is 5.84. The average molecular weight is 346 g/mol. The maximum atomic E-state index is 12.9. The SMILES string of the molecule is [C-]#[N+]c1ccc(O)c(N=Cc2c(C(C)C)[nH]n(-c3ccccc3)c2=O)c1. The Morgan fingerprint density at radius 3 is 2.62 bits per heavy atom. The van der Waals surface area contributed by atoms with Crippen LogP contribution in [0.3, 0.4) is 0 Å². The van der Waals surface area contributed by atoms with Crippen LogP contribution in [0.15, 0.2) is 58.3 Å². The Morgan fingerprint density at radius 2 is 1.96 bits per heavy atom. The van der Waals surface area contributed by atoms with E-state index in [1.54, 1.807) is 0 Å². The lowest BCUT2D eigenvalue weighted by Gasteiger charge is -2.03. The summed E-state index contributed by atoms with van der Waals surface area (Å²) in [5.74, 6) is 0.0379. The number of aromatic amines is 1. The van der Waals surface area contributed by atoms with Gasteiger partial charge in [-0.1, -0.05) is 38.1 Å². The zero-order chi connectivity index (χ0) is 18.7. The molecule has 0 amide bonds. The Balaban J connectivity index is 2.09. The van der Waals surface area contributed by atoms with Gasteiger partial charge in [-0.3, -0.25) is 14.9 Å². The van der Waals surface area contributed by atoms with Crippen LogP contribution >= 0.6 is 0 Å². The first kappa shape index (κ1) is 17.2. The third kappa shape index (κ3) is 3.28. The minimum Gasteiger partial charge on any atom is -0.506 e. The molecule has 2 aromatic carbocycles. The minimum atomic E-state index is -0.218. The van der Waals surface area contributed by atoms with Crippen molar-refractivity contribution >= 4 is 17.6 Å². The van der Waals surface area contributed by atoms with E-state index in [1.165, 1.54) is 29.1 Å². The number of H-pyrrole nitrogens is 1. The number of phenols is 1. The fraction of sp³-hybridized carbons (Fsp3) is 0.150. The van der Waals surface area contributed by atoms with Crippen molar-refractivity contribution in [1.82, 2.24) is 9.78 Å². The molecule has 6 nitrogen and oxygen atoms in total. The van der Waals surface area contributed by atoms with Gasteiger partial charge in [-0.15, -0.1) is 0 Å². The van der Waals surface area contributed by atoms with E-state index in [1.807, 2.05) is 44.2 Å². The standard InChI is InChI=1S/C20H18N4O2/c1-13(2)19-16(12-22-17-11-14(21-3)9-10-18(17)25)20(26)24(23-19)15-7-5-4-6-8-15/h4-13,23,25H,1-2H3. The molecule has 2 N–H and O–H groups in total. The first-order valence-corrected chi connectivity index (χ1v) is 8.16. The number of benzene rings is 2. The van der Waals surface area contributed by atoms with Gasteiger partial charge in [0.05, 0.1) is 23.5 Å². The fourth-order valence-electron chi connectivity index (χ4n) is 2.61. The van der Waals surface area contributed by atoms with Crippen LogP contribution in [0.5, 0.6) is 5.75 Å². The van der Waals surface area contributed by atoms with Gasteiger partial charge in [-0.25, -0.2) is 9.53 Å². The summed E-state index contributed by atoms with van der Waals surface area (Å²) in [6.45, 7) is 11.0. The number of aliphatic imine (C=N–C) groups is 1. The summed E-state index contributed by atoms with van der Waals surface area (Å²) >= 11 is 0. The van der Waals surface area contributed by atoms with Gasteiger partial charge in [0.15, 0.2) is 5.69 Å². The van der Waals surface area contributed by atoms with E-state index in [-0.39, 0.29) is 22.9 Å². The molecule has 0 saturated carbocycles. The smallest absolute Gasteiger partial charge is 0.280 e. The van der Waals surface area contributed by atoms with Gasteiger partial charge < -0.3 is 5.11 Å². The highest BCUT2D eigenvalue weighted by atomic mass is 16.3. The average Bonchev–Trinajstić information content (AvgIpc) is 2.98. The molecule has 0 aliphatic heterocycles. The van der Waals surface area contributed by atoms with E-state index in [9.17, 15) is 9.90 Å². The van der Waals surface area contributed by atoms with Gasteiger partial charge in [0.2, 0.25) is 0 Å². The molecule has 0 atom stereocenters. The number of phenolic OH excluding ortho intramolecular Hbond substituents is 1. The molecule has 0 aliphatic rings. The van der Waals surface area contributed by atoms with Gasteiger partial charge >= 0.3 is 0 Å². The van der Waals surface area contributed by atoms with Crippen molar-refractivity contribution < 1.29 is 5.11 Å². The van der Waals surface area contributed by atoms with E-state index >= 15 is 0 Å². The summed E-state index contributed by atoms with van der Waals surface area (Å²) in [5.41, 5.74) is 2.32. The normalized spacial score (nSPS) is 11.2. The molecule has 6 heteroatoms. The summed E-state index contributed by atoms with van der Waals surface area (Å²) in [5, 5.41) is 13.1. The second-order valence-electron chi connectivity index (χ2n) is 6.11. The van der Waals surface area contributed by atoms with Crippen molar-refractivity contribution in [2.75, 3.05) is 0 Å². The number of aromatic hydroxyl groups is 1. The summed E-state index contributed by atoms with van der Waals surface area (Å²) in [6.07, 6.45) is 1.44. The van der Waals surface area contributed by atoms with E-state index in [4.69, 9.17) is 6.57 Å². The molecule has 0 unspecified atom stereocenters. The van der Waals surface area contributed by atoms with Crippen LogP contribution in [0.4, 0.5) is 11.4 Å². The molecule has 0 aliphatic carbocycles. The molecule has 3 rings (SSSR count). The maximum absolute atomic E-state index is 12.9. The summed E-state index contributed by atoms with van der Waals surface area (Å²) in [4.78, 5) is 20.4. The van der Waals surface area contributed by atoms with Gasteiger partial charge in [0, 0.05) is 11.9 Å². The highest BCUT2D eigenvalue weighted by Gasteiger charge is 2.16. The molecule has 0 saturated heterocycles. The Labute approximate surface area is 150 Å². The highest BCUT2D eigenvalue weighted by Crippen LogP contribution is 2.30. The molecule has 0 radical (unpaired) electrons. The Hall–Kier alpha value is -3.59. The lowest BCUT2D eigenvalue weighted by Crippen LogP contribution is -2.17. The molecule has 0 spiro atoms. The molecule has 0 fully saturated rings. The number of para-hydroxylation sites is 1. The molecule has 26 heavy (non-hydrogen) atoms. The number of nitrogens with zero attached hydrogens (tertiary/aromatic N) is 3. The van der Waals surface area contributed by atoms with E-state index in [2.05, 4.69) is 14.9 Å². The third-order valence-electron chi connectivity index (χ3n) is 3.97. The number of hydrogen-bond donors (Lipinski definition) is 2. The largest absolute Gasteiger partial charge is 0.506 e. The van der Waals surface area contributed by atoms with Crippen LogP contribution in [-0.2, 0) is 0 Å². The number of nitrogens with one attached hydrogen (secondary N) is 1.